The number of nitrogens with zero attached hydrogens (tertiary/aromatic N) is 3. The molecule has 11 aromatic rings. The standard InChI is InChI=1S/C53H33N3S/c1-3-12-38(13-4-1)51-54-52(39-14-5-2-6-15-39)56-53(55-51)40-26-21-36(22-27-40)45-31-32-47-46-17-9-10-18-48(46)57-50(47)49(45)37-24-19-34(20-25-37)41-29-30-44-42(33-41)28-23-35-11-7-8-16-43(35)44/h1-33H. The molecule has 0 fully saturated rings. The van der Waals surface area contributed by atoms with E-state index in [0.717, 1.165) is 22.3 Å². The Balaban J connectivity index is 1.01. The third-order valence-corrected chi connectivity index (χ3v) is 12.2. The summed E-state index contributed by atoms with van der Waals surface area (Å²) in [6.07, 6.45) is 0. The summed E-state index contributed by atoms with van der Waals surface area (Å²) in [5.41, 5.74) is 10.0. The summed E-state index contributed by atoms with van der Waals surface area (Å²) < 4.78 is 2.58. The highest BCUT2D eigenvalue weighted by Gasteiger charge is 2.18. The van der Waals surface area contributed by atoms with Gasteiger partial charge in [-0.05, 0) is 61.5 Å². The van der Waals surface area contributed by atoms with Gasteiger partial charge in [0.05, 0.1) is 0 Å². The van der Waals surface area contributed by atoms with Crippen molar-refractivity contribution in [3.63, 3.8) is 0 Å². The van der Waals surface area contributed by atoms with E-state index in [9.17, 15) is 0 Å². The first-order chi connectivity index (χ1) is 28.2. The molecule has 4 heteroatoms. The molecule has 0 spiro atoms. The average Bonchev–Trinajstić information content (AvgIpc) is 3.68. The van der Waals surface area contributed by atoms with Gasteiger partial charge >= 0.3 is 0 Å². The molecular weight excluding hydrogens is 711 g/mol. The molecule has 57 heavy (non-hydrogen) atoms. The largest absolute Gasteiger partial charge is 0.208 e. The Hall–Kier alpha value is -7.27. The molecule has 0 saturated heterocycles. The van der Waals surface area contributed by atoms with Crippen LogP contribution in [-0.4, -0.2) is 15.0 Å². The average molecular weight is 744 g/mol. The van der Waals surface area contributed by atoms with E-state index in [0.29, 0.717) is 17.5 Å². The lowest BCUT2D eigenvalue weighted by Crippen LogP contribution is -2.00. The SMILES string of the molecule is c1ccc(-c2nc(-c3ccccc3)nc(-c3ccc(-c4ccc5c(sc6ccccc65)c4-c4ccc(-c5ccc6c(ccc7ccccc76)c5)cc4)cc3)n2)cc1. The molecule has 266 valence electrons. The molecule has 2 aromatic heterocycles. The molecule has 0 radical (unpaired) electrons. The van der Waals surface area contributed by atoms with Gasteiger partial charge in [0.25, 0.3) is 0 Å². The topological polar surface area (TPSA) is 38.7 Å². The molecular formula is C53H33N3S. The Bertz CT molecular complexity index is 3200. The second kappa shape index (κ2) is 13.8. The molecule has 0 aliphatic rings. The van der Waals surface area contributed by atoms with Crippen molar-refractivity contribution in [3.05, 3.63) is 200 Å². The number of hydrogen-bond acceptors (Lipinski definition) is 4. The first-order valence-corrected chi connectivity index (χ1v) is 20.0. The smallest absolute Gasteiger partial charge is 0.164 e. The molecule has 3 nitrogen and oxygen atoms in total. The minimum atomic E-state index is 0.645. The first kappa shape index (κ1) is 33.1. The van der Waals surface area contributed by atoms with Crippen LogP contribution < -0.4 is 0 Å². The van der Waals surface area contributed by atoms with Gasteiger partial charge in [0.15, 0.2) is 17.5 Å². The number of aromatic nitrogens is 3. The van der Waals surface area contributed by atoms with Crippen LogP contribution in [0.3, 0.4) is 0 Å². The lowest BCUT2D eigenvalue weighted by molar-refractivity contribution is 1.07. The van der Waals surface area contributed by atoms with E-state index in [1.807, 2.05) is 72.0 Å². The highest BCUT2D eigenvalue weighted by atomic mass is 32.1. The van der Waals surface area contributed by atoms with E-state index in [2.05, 4.69) is 140 Å². The molecule has 0 aliphatic carbocycles. The second-order valence-electron chi connectivity index (χ2n) is 14.4. The fourth-order valence-corrected chi connectivity index (χ4v) is 9.35. The van der Waals surface area contributed by atoms with E-state index < -0.39 is 0 Å². The molecule has 0 bridgehead atoms. The van der Waals surface area contributed by atoms with Crippen molar-refractivity contribution in [2.24, 2.45) is 0 Å². The molecule has 0 amide bonds. The van der Waals surface area contributed by atoms with E-state index in [1.165, 1.54) is 69.5 Å². The van der Waals surface area contributed by atoms with Crippen LogP contribution in [-0.2, 0) is 0 Å². The van der Waals surface area contributed by atoms with Crippen molar-refractivity contribution >= 4 is 53.1 Å². The molecule has 0 N–H and O–H groups in total. The third kappa shape index (κ3) is 5.95. The van der Waals surface area contributed by atoms with Gasteiger partial charge in [0, 0.05) is 42.4 Å². The van der Waals surface area contributed by atoms with E-state index >= 15 is 0 Å². The minimum Gasteiger partial charge on any atom is -0.208 e. The molecule has 0 atom stereocenters. The molecule has 0 unspecified atom stereocenters. The van der Waals surface area contributed by atoms with Gasteiger partial charge in [-0.25, -0.2) is 15.0 Å². The summed E-state index contributed by atoms with van der Waals surface area (Å²) in [6.45, 7) is 0. The van der Waals surface area contributed by atoms with Gasteiger partial charge in [0.2, 0.25) is 0 Å². The zero-order valence-corrected chi connectivity index (χ0v) is 31.6. The summed E-state index contributed by atoms with van der Waals surface area (Å²) in [7, 11) is 0. The molecule has 9 aromatic carbocycles. The van der Waals surface area contributed by atoms with Gasteiger partial charge in [-0.15, -0.1) is 11.3 Å². The third-order valence-electron chi connectivity index (χ3n) is 11.0. The predicted octanol–water partition coefficient (Wildman–Crippen LogP) is 14.5. The fourth-order valence-electron chi connectivity index (χ4n) is 8.07. The van der Waals surface area contributed by atoms with Gasteiger partial charge < -0.3 is 0 Å². The van der Waals surface area contributed by atoms with Crippen LogP contribution in [0.1, 0.15) is 0 Å². The Morgan fingerprint density at radius 2 is 0.789 bits per heavy atom. The normalized spacial score (nSPS) is 11.5. The Morgan fingerprint density at radius 1 is 0.298 bits per heavy atom. The Labute approximate surface area is 334 Å². The monoisotopic (exact) mass is 743 g/mol. The van der Waals surface area contributed by atoms with Crippen molar-refractivity contribution in [2.45, 2.75) is 0 Å². The summed E-state index contributed by atoms with van der Waals surface area (Å²) in [5, 5.41) is 7.66. The maximum absolute atomic E-state index is 4.97. The zero-order valence-electron chi connectivity index (χ0n) is 30.8. The summed E-state index contributed by atoms with van der Waals surface area (Å²) in [5.74, 6) is 1.95. The van der Waals surface area contributed by atoms with E-state index in [-0.39, 0.29) is 0 Å². The van der Waals surface area contributed by atoms with Crippen LogP contribution in [0.2, 0.25) is 0 Å². The summed E-state index contributed by atoms with van der Waals surface area (Å²) in [6, 6.07) is 71.2. The number of fused-ring (bicyclic) bond motifs is 6. The van der Waals surface area contributed by atoms with Gasteiger partial charge in [-0.3, -0.25) is 0 Å². The minimum absolute atomic E-state index is 0.645. The van der Waals surface area contributed by atoms with Crippen molar-refractivity contribution in [2.75, 3.05) is 0 Å². The number of hydrogen-bond donors (Lipinski definition) is 0. The summed E-state index contributed by atoms with van der Waals surface area (Å²) in [4.78, 5) is 14.8. The van der Waals surface area contributed by atoms with E-state index in [4.69, 9.17) is 15.0 Å². The van der Waals surface area contributed by atoms with Gasteiger partial charge in [0.1, 0.15) is 0 Å². The van der Waals surface area contributed by atoms with Crippen LogP contribution in [0.15, 0.2) is 200 Å². The van der Waals surface area contributed by atoms with Crippen molar-refractivity contribution in [3.8, 4) is 67.5 Å². The molecule has 0 aliphatic heterocycles. The van der Waals surface area contributed by atoms with Gasteiger partial charge in [-0.1, -0.05) is 188 Å². The number of rotatable bonds is 6. The predicted molar refractivity (Wildman–Crippen MR) is 240 cm³/mol. The lowest BCUT2D eigenvalue weighted by Gasteiger charge is -2.14. The number of benzene rings is 9. The summed E-state index contributed by atoms with van der Waals surface area (Å²) >= 11 is 1.87. The maximum atomic E-state index is 4.97. The Kier molecular flexibility index (Phi) is 8.01. The Morgan fingerprint density at radius 3 is 1.49 bits per heavy atom. The number of thiophene rings is 1. The van der Waals surface area contributed by atoms with Crippen LogP contribution in [0.5, 0.6) is 0 Å². The van der Waals surface area contributed by atoms with Crippen LogP contribution in [0.4, 0.5) is 0 Å². The van der Waals surface area contributed by atoms with E-state index in [1.54, 1.807) is 0 Å². The van der Waals surface area contributed by atoms with Crippen molar-refractivity contribution in [1.82, 2.24) is 15.0 Å². The van der Waals surface area contributed by atoms with Gasteiger partial charge in [-0.2, -0.15) is 0 Å². The molecule has 11 rings (SSSR count). The van der Waals surface area contributed by atoms with Crippen molar-refractivity contribution < 1.29 is 0 Å². The first-order valence-electron chi connectivity index (χ1n) is 19.2. The molecule has 0 saturated carbocycles. The fraction of sp³-hybridized carbons (Fsp3) is 0. The second-order valence-corrected chi connectivity index (χ2v) is 15.4. The highest BCUT2D eigenvalue weighted by molar-refractivity contribution is 7.26. The van der Waals surface area contributed by atoms with Crippen LogP contribution >= 0.6 is 11.3 Å². The zero-order chi connectivity index (χ0) is 37.7. The van der Waals surface area contributed by atoms with Crippen molar-refractivity contribution in [1.29, 1.82) is 0 Å². The van der Waals surface area contributed by atoms with Crippen LogP contribution in [0.25, 0.3) is 109 Å². The lowest BCUT2D eigenvalue weighted by atomic mass is 9.91. The quantitative estimate of drug-likeness (QED) is 0.159. The highest BCUT2D eigenvalue weighted by Crippen LogP contribution is 2.45. The molecule has 2 heterocycles. The van der Waals surface area contributed by atoms with Crippen LogP contribution in [0, 0.1) is 0 Å². The maximum Gasteiger partial charge on any atom is 0.164 e.